The van der Waals surface area contributed by atoms with Crippen LogP contribution in [-0.2, 0) is 0 Å². The Labute approximate surface area is 127 Å². The highest BCUT2D eigenvalue weighted by Gasteiger charge is 2.43. The fourth-order valence-electron chi connectivity index (χ4n) is 4.48. The molecule has 108 valence electrons. The van der Waals surface area contributed by atoms with E-state index in [-0.39, 0.29) is 0 Å². The Balaban J connectivity index is 1.85. The first kappa shape index (κ1) is 13.1. The summed E-state index contributed by atoms with van der Waals surface area (Å²) in [6.45, 7) is 4.66. The highest BCUT2D eigenvalue weighted by molar-refractivity contribution is 5.48. The normalized spacial score (nSPS) is 28.2. The first-order valence-corrected chi connectivity index (χ1v) is 8.08. The van der Waals surface area contributed by atoms with Crippen molar-refractivity contribution in [3.05, 3.63) is 70.8 Å². The molecule has 2 aliphatic rings. The van der Waals surface area contributed by atoms with Crippen LogP contribution in [-0.4, -0.2) is 25.0 Å². The highest BCUT2D eigenvalue weighted by Crippen LogP contribution is 2.52. The molecule has 1 heterocycles. The predicted octanol–water partition coefficient (Wildman–Crippen LogP) is 4.18. The zero-order chi connectivity index (χ0) is 14.4. The second-order valence-corrected chi connectivity index (χ2v) is 6.84. The van der Waals surface area contributed by atoms with Gasteiger partial charge < -0.3 is 4.90 Å². The lowest BCUT2D eigenvalue weighted by Crippen LogP contribution is -2.35. The second kappa shape index (κ2) is 4.99. The average molecular weight is 277 g/mol. The SMILES string of the molecule is Cc1ccc2c(c1)C(c1ccccc1)C1CCN(C)CC21. The molecule has 0 N–H and O–H groups in total. The molecule has 1 fully saturated rings. The number of fused-ring (bicyclic) bond motifs is 3. The van der Waals surface area contributed by atoms with Gasteiger partial charge in [0.1, 0.15) is 0 Å². The molecule has 2 aromatic rings. The summed E-state index contributed by atoms with van der Waals surface area (Å²) in [5, 5.41) is 0. The number of aryl methyl sites for hydroxylation is 1. The summed E-state index contributed by atoms with van der Waals surface area (Å²) in [5.41, 5.74) is 6.08. The first-order chi connectivity index (χ1) is 10.2. The maximum Gasteiger partial charge on any atom is 0.0127 e. The lowest BCUT2D eigenvalue weighted by Gasteiger charge is -2.35. The Morgan fingerprint density at radius 3 is 2.62 bits per heavy atom. The van der Waals surface area contributed by atoms with E-state index < -0.39 is 0 Å². The predicted molar refractivity (Wildman–Crippen MR) is 87.8 cm³/mol. The van der Waals surface area contributed by atoms with Gasteiger partial charge in [0.15, 0.2) is 0 Å². The first-order valence-electron chi connectivity index (χ1n) is 8.08. The zero-order valence-corrected chi connectivity index (χ0v) is 12.9. The second-order valence-electron chi connectivity index (χ2n) is 6.84. The van der Waals surface area contributed by atoms with E-state index >= 15 is 0 Å². The van der Waals surface area contributed by atoms with Crippen molar-refractivity contribution in [3.8, 4) is 0 Å². The van der Waals surface area contributed by atoms with Crippen LogP contribution >= 0.6 is 0 Å². The van der Waals surface area contributed by atoms with Crippen molar-refractivity contribution in [1.29, 1.82) is 0 Å². The molecular formula is C20H23N. The van der Waals surface area contributed by atoms with Crippen LogP contribution in [0, 0.1) is 12.8 Å². The molecule has 1 nitrogen and oxygen atoms in total. The van der Waals surface area contributed by atoms with Crippen molar-refractivity contribution in [1.82, 2.24) is 4.90 Å². The molecule has 4 rings (SSSR count). The molecule has 1 saturated heterocycles. The number of nitrogens with zero attached hydrogens (tertiary/aromatic N) is 1. The van der Waals surface area contributed by atoms with Crippen molar-refractivity contribution >= 4 is 0 Å². The van der Waals surface area contributed by atoms with Crippen molar-refractivity contribution in [2.75, 3.05) is 20.1 Å². The number of rotatable bonds is 1. The number of hydrogen-bond donors (Lipinski definition) is 0. The highest BCUT2D eigenvalue weighted by atomic mass is 15.1. The average Bonchev–Trinajstić information content (AvgIpc) is 2.81. The van der Waals surface area contributed by atoms with Crippen LogP contribution in [0.25, 0.3) is 0 Å². The van der Waals surface area contributed by atoms with Crippen LogP contribution in [0.15, 0.2) is 48.5 Å². The van der Waals surface area contributed by atoms with E-state index in [1.54, 1.807) is 11.1 Å². The maximum absolute atomic E-state index is 2.50. The van der Waals surface area contributed by atoms with E-state index in [0.717, 1.165) is 5.92 Å². The van der Waals surface area contributed by atoms with Crippen LogP contribution in [0.3, 0.4) is 0 Å². The number of likely N-dealkylation sites (N-methyl/N-ethyl adjacent to an activating group) is 1. The fraction of sp³-hybridized carbons (Fsp3) is 0.400. The zero-order valence-electron chi connectivity index (χ0n) is 12.9. The molecule has 0 bridgehead atoms. The minimum absolute atomic E-state index is 0.597. The Kier molecular flexibility index (Phi) is 3.11. The van der Waals surface area contributed by atoms with Gasteiger partial charge in [0, 0.05) is 18.4 Å². The van der Waals surface area contributed by atoms with E-state index in [1.807, 2.05) is 0 Å². The number of piperidine rings is 1. The Hall–Kier alpha value is -1.60. The molecule has 0 aromatic heterocycles. The quantitative estimate of drug-likeness (QED) is 0.756. The number of likely N-dealkylation sites (tertiary alicyclic amines) is 1. The van der Waals surface area contributed by atoms with Crippen molar-refractivity contribution in [2.45, 2.75) is 25.2 Å². The molecule has 2 aromatic carbocycles. The molecule has 1 aliphatic carbocycles. The molecule has 1 aliphatic heterocycles. The molecule has 0 spiro atoms. The van der Waals surface area contributed by atoms with Crippen LogP contribution < -0.4 is 0 Å². The van der Waals surface area contributed by atoms with Gasteiger partial charge in [0.05, 0.1) is 0 Å². The lowest BCUT2D eigenvalue weighted by molar-refractivity contribution is 0.191. The summed E-state index contributed by atoms with van der Waals surface area (Å²) in [4.78, 5) is 2.50. The van der Waals surface area contributed by atoms with Gasteiger partial charge in [-0.2, -0.15) is 0 Å². The van der Waals surface area contributed by atoms with E-state index in [0.29, 0.717) is 11.8 Å². The Morgan fingerprint density at radius 2 is 1.81 bits per heavy atom. The van der Waals surface area contributed by atoms with Gasteiger partial charge in [-0.1, -0.05) is 54.1 Å². The van der Waals surface area contributed by atoms with Crippen LogP contribution in [0.5, 0.6) is 0 Å². The van der Waals surface area contributed by atoms with Crippen molar-refractivity contribution < 1.29 is 0 Å². The molecule has 0 radical (unpaired) electrons. The lowest BCUT2D eigenvalue weighted by atomic mass is 9.78. The standard InChI is InChI=1S/C20H23N/c1-14-8-9-16-18(12-14)20(15-6-4-3-5-7-15)17-10-11-21(2)13-19(16)17/h3-9,12,17,19-20H,10-11,13H2,1-2H3. The third kappa shape index (κ3) is 2.11. The molecule has 0 amide bonds. The molecule has 3 unspecified atom stereocenters. The summed E-state index contributed by atoms with van der Waals surface area (Å²) < 4.78 is 0. The van der Waals surface area contributed by atoms with Gasteiger partial charge in [-0.15, -0.1) is 0 Å². The molecule has 3 atom stereocenters. The monoisotopic (exact) mass is 277 g/mol. The molecule has 1 heteroatoms. The summed E-state index contributed by atoms with van der Waals surface area (Å²) >= 11 is 0. The fourth-order valence-corrected chi connectivity index (χ4v) is 4.48. The summed E-state index contributed by atoms with van der Waals surface area (Å²) in [5.74, 6) is 2.09. The van der Waals surface area contributed by atoms with Gasteiger partial charge >= 0.3 is 0 Å². The van der Waals surface area contributed by atoms with Crippen LogP contribution in [0.4, 0.5) is 0 Å². The van der Waals surface area contributed by atoms with E-state index in [4.69, 9.17) is 0 Å². The third-order valence-electron chi connectivity index (χ3n) is 5.43. The van der Waals surface area contributed by atoms with Crippen LogP contribution in [0.1, 0.15) is 40.5 Å². The Morgan fingerprint density at radius 1 is 1.00 bits per heavy atom. The van der Waals surface area contributed by atoms with Gasteiger partial charge in [-0.3, -0.25) is 0 Å². The van der Waals surface area contributed by atoms with Crippen LogP contribution in [0.2, 0.25) is 0 Å². The van der Waals surface area contributed by atoms with E-state index in [9.17, 15) is 0 Å². The van der Waals surface area contributed by atoms with Crippen molar-refractivity contribution in [3.63, 3.8) is 0 Å². The number of hydrogen-bond acceptors (Lipinski definition) is 1. The minimum atomic E-state index is 0.597. The third-order valence-corrected chi connectivity index (χ3v) is 5.43. The summed E-state index contributed by atoms with van der Waals surface area (Å²) in [6.07, 6.45) is 1.31. The van der Waals surface area contributed by atoms with Crippen molar-refractivity contribution in [2.24, 2.45) is 5.92 Å². The van der Waals surface area contributed by atoms with Gasteiger partial charge in [0.25, 0.3) is 0 Å². The minimum Gasteiger partial charge on any atom is -0.306 e. The molecular weight excluding hydrogens is 254 g/mol. The van der Waals surface area contributed by atoms with Gasteiger partial charge in [0.2, 0.25) is 0 Å². The topological polar surface area (TPSA) is 3.24 Å². The molecule has 0 saturated carbocycles. The molecule has 21 heavy (non-hydrogen) atoms. The smallest absolute Gasteiger partial charge is 0.0127 e. The maximum atomic E-state index is 2.50. The summed E-state index contributed by atoms with van der Waals surface area (Å²) in [6, 6.07) is 18.3. The van der Waals surface area contributed by atoms with E-state index in [2.05, 4.69) is 67.4 Å². The Bertz CT molecular complexity index is 646. The number of benzene rings is 2. The van der Waals surface area contributed by atoms with Gasteiger partial charge in [-0.05, 0) is 49.5 Å². The van der Waals surface area contributed by atoms with Gasteiger partial charge in [-0.25, -0.2) is 0 Å². The summed E-state index contributed by atoms with van der Waals surface area (Å²) in [7, 11) is 2.26. The largest absolute Gasteiger partial charge is 0.306 e. The van der Waals surface area contributed by atoms with E-state index in [1.165, 1.54) is 30.6 Å².